The number of benzene rings is 1. The fourth-order valence-electron chi connectivity index (χ4n) is 2.58. The molecule has 1 aromatic carbocycles. The Labute approximate surface area is 159 Å². The monoisotopic (exact) mass is 391 g/mol. The van der Waals surface area contributed by atoms with Crippen molar-refractivity contribution in [3.05, 3.63) is 54.5 Å². The van der Waals surface area contributed by atoms with Crippen molar-refractivity contribution in [3.8, 4) is 0 Å². The van der Waals surface area contributed by atoms with Gasteiger partial charge in [0, 0.05) is 38.1 Å². The molecule has 1 amide bonds. The van der Waals surface area contributed by atoms with E-state index < -0.39 is 11.0 Å². The Morgan fingerprint density at radius 2 is 1.88 bits per heavy atom. The van der Waals surface area contributed by atoms with E-state index in [1.807, 2.05) is 10.4 Å². The van der Waals surface area contributed by atoms with Gasteiger partial charge in [-0.1, -0.05) is 6.58 Å². The van der Waals surface area contributed by atoms with E-state index in [2.05, 4.69) is 26.8 Å². The molecule has 1 atom stereocenters. The minimum Gasteiger partial charge on any atom is -0.354 e. The fourth-order valence-corrected chi connectivity index (χ4v) is 3.89. The molecule has 9 heteroatoms. The van der Waals surface area contributed by atoms with E-state index in [0.717, 1.165) is 5.82 Å². The Hall–Kier alpha value is -2.29. The van der Waals surface area contributed by atoms with E-state index in [1.165, 1.54) is 6.08 Å². The van der Waals surface area contributed by atoms with Gasteiger partial charge in [0.15, 0.2) is 0 Å². The summed E-state index contributed by atoms with van der Waals surface area (Å²) in [5, 5.41) is 2.89. The van der Waals surface area contributed by atoms with Crippen molar-refractivity contribution >= 4 is 40.0 Å². The highest BCUT2D eigenvalue weighted by Gasteiger charge is 2.23. The van der Waals surface area contributed by atoms with Crippen LogP contribution in [0.2, 0.25) is 5.28 Å². The smallest absolute Gasteiger partial charge is 0.247 e. The minimum absolute atomic E-state index is 0.220. The number of halogens is 1. The van der Waals surface area contributed by atoms with Gasteiger partial charge in [-0.25, -0.2) is 18.5 Å². The number of anilines is 2. The summed E-state index contributed by atoms with van der Waals surface area (Å²) < 4.78 is 14.7. The van der Waals surface area contributed by atoms with E-state index in [4.69, 9.17) is 11.6 Å². The Kier molecular flexibility index (Phi) is 5.97. The van der Waals surface area contributed by atoms with Crippen LogP contribution in [0.15, 0.2) is 54.1 Å². The number of aromatic nitrogens is 2. The topological polar surface area (TPSA) is 78.4 Å². The summed E-state index contributed by atoms with van der Waals surface area (Å²) in [6.45, 7) is 6.10. The van der Waals surface area contributed by atoms with Gasteiger partial charge in [-0.05, 0) is 48.0 Å². The number of amides is 1. The maximum Gasteiger partial charge on any atom is 0.247 e. The van der Waals surface area contributed by atoms with Crippen molar-refractivity contribution < 1.29 is 9.00 Å². The molecule has 0 saturated carbocycles. The minimum atomic E-state index is -1.25. The summed E-state index contributed by atoms with van der Waals surface area (Å²) in [7, 11) is -1.25. The Balaban J connectivity index is 1.59. The van der Waals surface area contributed by atoms with Crippen LogP contribution in [0.4, 0.5) is 11.5 Å². The van der Waals surface area contributed by atoms with E-state index in [1.54, 1.807) is 30.5 Å². The third-order valence-corrected chi connectivity index (χ3v) is 5.61. The average molecular weight is 392 g/mol. The maximum absolute atomic E-state index is 12.8. The lowest BCUT2D eigenvalue weighted by molar-refractivity contribution is -0.111. The van der Waals surface area contributed by atoms with Crippen LogP contribution in [-0.4, -0.2) is 50.6 Å². The normalized spacial score (nSPS) is 16.1. The highest BCUT2D eigenvalue weighted by molar-refractivity contribution is 7.82. The molecule has 3 rings (SSSR count). The Morgan fingerprint density at radius 1 is 1.19 bits per heavy atom. The lowest BCUT2D eigenvalue weighted by Crippen LogP contribution is -2.47. The predicted molar refractivity (Wildman–Crippen MR) is 103 cm³/mol. The summed E-state index contributed by atoms with van der Waals surface area (Å²) in [6.07, 6.45) is 2.83. The molecule has 7 nitrogen and oxygen atoms in total. The van der Waals surface area contributed by atoms with Gasteiger partial charge in [-0.15, -0.1) is 0 Å². The molecular formula is C17H18ClN5O2S. The maximum atomic E-state index is 12.8. The van der Waals surface area contributed by atoms with E-state index in [-0.39, 0.29) is 11.2 Å². The highest BCUT2D eigenvalue weighted by Crippen LogP contribution is 2.19. The predicted octanol–water partition coefficient (Wildman–Crippen LogP) is 2.10. The molecule has 26 heavy (non-hydrogen) atoms. The third kappa shape index (κ3) is 4.46. The molecule has 2 aromatic rings. The zero-order valence-corrected chi connectivity index (χ0v) is 15.5. The molecule has 0 aliphatic carbocycles. The van der Waals surface area contributed by atoms with Crippen LogP contribution in [0.3, 0.4) is 0 Å². The second kappa shape index (κ2) is 8.39. The molecule has 1 aliphatic heterocycles. The van der Waals surface area contributed by atoms with Crippen molar-refractivity contribution in [2.75, 3.05) is 36.4 Å². The van der Waals surface area contributed by atoms with Gasteiger partial charge in [0.25, 0.3) is 0 Å². The first kappa shape index (κ1) is 18.5. The van der Waals surface area contributed by atoms with Crippen LogP contribution >= 0.6 is 11.6 Å². The lowest BCUT2D eigenvalue weighted by atomic mass is 10.3. The Bertz CT molecular complexity index is 822. The molecule has 1 aromatic heterocycles. The largest absolute Gasteiger partial charge is 0.354 e. The number of piperazine rings is 1. The van der Waals surface area contributed by atoms with Gasteiger partial charge in [-0.3, -0.25) is 4.79 Å². The molecule has 1 fully saturated rings. The summed E-state index contributed by atoms with van der Waals surface area (Å²) in [5.41, 5.74) is 0.640. The first-order chi connectivity index (χ1) is 12.6. The SMILES string of the molecule is C=CC(=O)Nc1ccc(S(=O)N2CCN(c3ccnc(Cl)n3)CC2)cc1. The van der Waals surface area contributed by atoms with Gasteiger partial charge < -0.3 is 10.2 Å². The lowest BCUT2D eigenvalue weighted by Gasteiger charge is -2.34. The molecule has 0 radical (unpaired) electrons. The van der Waals surface area contributed by atoms with Crippen molar-refractivity contribution in [1.29, 1.82) is 0 Å². The van der Waals surface area contributed by atoms with E-state index >= 15 is 0 Å². The molecule has 0 bridgehead atoms. The first-order valence-corrected chi connectivity index (χ1v) is 9.49. The van der Waals surface area contributed by atoms with Crippen LogP contribution < -0.4 is 10.2 Å². The van der Waals surface area contributed by atoms with Crippen molar-refractivity contribution in [1.82, 2.24) is 14.3 Å². The van der Waals surface area contributed by atoms with Crippen molar-refractivity contribution in [2.45, 2.75) is 4.90 Å². The standard InChI is InChI=1S/C17H18ClN5O2S/c1-2-16(24)20-13-3-5-14(6-4-13)26(25)23-11-9-22(10-12-23)15-7-8-19-17(18)21-15/h2-8H,1,9-12H2,(H,20,24). The van der Waals surface area contributed by atoms with Gasteiger partial charge in [0.1, 0.15) is 16.8 Å². The molecule has 1 N–H and O–H groups in total. The van der Waals surface area contributed by atoms with E-state index in [0.29, 0.717) is 36.8 Å². The summed E-state index contributed by atoms with van der Waals surface area (Å²) in [4.78, 5) is 22.2. The third-order valence-electron chi connectivity index (χ3n) is 3.92. The zero-order valence-electron chi connectivity index (χ0n) is 14.0. The van der Waals surface area contributed by atoms with Crippen LogP contribution in [-0.2, 0) is 15.8 Å². The molecular weight excluding hydrogens is 374 g/mol. The molecule has 0 spiro atoms. The number of rotatable bonds is 5. The number of hydrogen-bond acceptors (Lipinski definition) is 5. The second-order valence-electron chi connectivity index (χ2n) is 5.57. The summed E-state index contributed by atoms with van der Waals surface area (Å²) in [6, 6.07) is 8.78. The van der Waals surface area contributed by atoms with Gasteiger partial charge in [0.05, 0.1) is 4.90 Å². The Morgan fingerprint density at radius 3 is 2.50 bits per heavy atom. The molecule has 1 aliphatic rings. The fraction of sp³-hybridized carbons (Fsp3) is 0.235. The quantitative estimate of drug-likeness (QED) is 0.623. The molecule has 1 unspecified atom stereocenters. The number of nitrogens with one attached hydrogen (secondary N) is 1. The number of carbonyl (C=O) groups excluding carboxylic acids is 1. The van der Waals surface area contributed by atoms with Gasteiger partial charge in [-0.2, -0.15) is 0 Å². The van der Waals surface area contributed by atoms with Gasteiger partial charge >= 0.3 is 0 Å². The molecule has 1 saturated heterocycles. The molecule has 136 valence electrons. The van der Waals surface area contributed by atoms with Crippen LogP contribution in [0.25, 0.3) is 0 Å². The number of nitrogens with zero attached hydrogens (tertiary/aromatic N) is 4. The highest BCUT2D eigenvalue weighted by atomic mass is 35.5. The van der Waals surface area contributed by atoms with Crippen molar-refractivity contribution in [3.63, 3.8) is 0 Å². The summed E-state index contributed by atoms with van der Waals surface area (Å²) >= 11 is 5.84. The zero-order chi connectivity index (χ0) is 18.5. The van der Waals surface area contributed by atoms with Crippen LogP contribution in [0.5, 0.6) is 0 Å². The summed E-state index contributed by atoms with van der Waals surface area (Å²) in [5.74, 6) is 0.498. The number of carbonyl (C=O) groups is 1. The van der Waals surface area contributed by atoms with Gasteiger partial charge in [0.2, 0.25) is 11.2 Å². The number of hydrogen-bond donors (Lipinski definition) is 1. The second-order valence-corrected chi connectivity index (χ2v) is 7.39. The van der Waals surface area contributed by atoms with Crippen molar-refractivity contribution in [2.24, 2.45) is 0 Å². The van der Waals surface area contributed by atoms with Crippen LogP contribution in [0.1, 0.15) is 0 Å². The molecule has 2 heterocycles. The first-order valence-electron chi connectivity index (χ1n) is 8.00. The van der Waals surface area contributed by atoms with Crippen LogP contribution in [0, 0.1) is 0 Å². The van der Waals surface area contributed by atoms with E-state index in [9.17, 15) is 9.00 Å². The average Bonchev–Trinajstić information content (AvgIpc) is 2.68.